The van der Waals surface area contributed by atoms with Crippen molar-refractivity contribution in [3.05, 3.63) is 23.3 Å². The number of aliphatic hydroxyl groups excluding tert-OH is 1. The van der Waals surface area contributed by atoms with E-state index in [2.05, 4.69) is 13.8 Å². The first-order valence-corrected chi connectivity index (χ1v) is 15.4. The van der Waals surface area contributed by atoms with Crippen LogP contribution in [0.3, 0.4) is 0 Å². The van der Waals surface area contributed by atoms with Gasteiger partial charge in [-0.05, 0) is 91.0 Å². The zero-order chi connectivity index (χ0) is 31.8. The van der Waals surface area contributed by atoms with Crippen molar-refractivity contribution in [2.24, 2.45) is 0 Å². The van der Waals surface area contributed by atoms with E-state index in [4.69, 9.17) is 38.9 Å². The van der Waals surface area contributed by atoms with Crippen molar-refractivity contribution in [1.29, 1.82) is 0 Å². The fourth-order valence-electron chi connectivity index (χ4n) is 5.87. The summed E-state index contributed by atoms with van der Waals surface area (Å²) in [6, 6.07) is 3.90. The predicted molar refractivity (Wildman–Crippen MR) is 162 cm³/mol. The summed E-state index contributed by atoms with van der Waals surface area (Å²) in [6.07, 6.45) is 0.480. The van der Waals surface area contributed by atoms with Crippen LogP contribution in [-0.2, 0) is 33.2 Å². The summed E-state index contributed by atoms with van der Waals surface area (Å²) < 4.78 is 43.9. The number of nitrogen functional groups attached to an aromatic ring is 1. The molecular formula is C31H56N2O9. The van der Waals surface area contributed by atoms with E-state index in [1.165, 1.54) is 0 Å². The topological polar surface area (TPSA) is 134 Å². The lowest BCUT2D eigenvalue weighted by Crippen LogP contribution is -2.77. The number of hydrogen-bond donors (Lipinski definition) is 3. The normalized spacial score (nSPS) is 19.9. The van der Waals surface area contributed by atoms with Crippen LogP contribution >= 0.6 is 0 Å². The second-order valence-electron chi connectivity index (χ2n) is 11.2. The van der Waals surface area contributed by atoms with Crippen LogP contribution in [-0.4, -0.2) is 86.5 Å². The number of nitrogens with zero attached hydrogens (tertiary/aromatic N) is 1. The van der Waals surface area contributed by atoms with Crippen LogP contribution in [0, 0.1) is 0 Å². The minimum atomic E-state index is -2.30. The van der Waals surface area contributed by atoms with Gasteiger partial charge in [-0.3, -0.25) is 4.74 Å². The fraction of sp³-hybridized carbons (Fsp3) is 0.806. The Hall–Kier alpha value is -1.54. The number of rotatable bonds is 19. The Morgan fingerprint density at radius 2 is 1.45 bits per heavy atom. The number of aliphatic hydroxyl groups is 2. The van der Waals surface area contributed by atoms with Gasteiger partial charge in [0.2, 0.25) is 0 Å². The maximum atomic E-state index is 11.9. The Morgan fingerprint density at radius 1 is 0.905 bits per heavy atom. The number of ether oxygens (including phenoxy) is 7. The van der Waals surface area contributed by atoms with Gasteiger partial charge in [0.15, 0.2) is 0 Å². The molecule has 0 saturated carbocycles. The molecule has 1 aromatic carbocycles. The molecule has 0 fully saturated rings. The number of anilines is 2. The molecule has 0 aromatic heterocycles. The van der Waals surface area contributed by atoms with Gasteiger partial charge in [0.25, 0.3) is 0 Å². The van der Waals surface area contributed by atoms with Crippen molar-refractivity contribution in [2.45, 2.75) is 111 Å². The highest BCUT2D eigenvalue weighted by Crippen LogP contribution is 2.53. The molecule has 11 nitrogen and oxygen atoms in total. The summed E-state index contributed by atoms with van der Waals surface area (Å²) in [5.74, 6) is -6.56. The lowest BCUT2D eigenvalue weighted by Gasteiger charge is -2.60. The maximum absolute atomic E-state index is 11.9. The highest BCUT2D eigenvalue weighted by molar-refractivity contribution is 5.69. The molecule has 0 radical (unpaired) electrons. The van der Waals surface area contributed by atoms with E-state index in [1.807, 2.05) is 65.5 Å². The standard InChI is InChI=1S/C31H56N2O9/c1-11-36-21-29(35,37-12-2)42-30(38-13-3,31(39-14-4,40-15-5)41-16-6)33-27-18-24(22(7)8)26(32)17-25(27)23(20-34)19-28(33,9)10/h17-18,22-23,34-35H,11-16,19-21,32H2,1-10H3. The van der Waals surface area contributed by atoms with Gasteiger partial charge in [-0.2, -0.15) is 0 Å². The van der Waals surface area contributed by atoms with Crippen LogP contribution in [0.4, 0.5) is 11.4 Å². The quantitative estimate of drug-likeness (QED) is 0.151. The molecule has 1 heterocycles. The molecular weight excluding hydrogens is 544 g/mol. The highest BCUT2D eigenvalue weighted by atomic mass is 17.0. The number of benzene rings is 1. The van der Waals surface area contributed by atoms with Gasteiger partial charge in [0.1, 0.15) is 6.61 Å². The molecule has 1 aliphatic heterocycles. The lowest BCUT2D eigenvalue weighted by atomic mass is 9.77. The Balaban J connectivity index is 3.15. The Labute approximate surface area is 252 Å². The Kier molecular flexibility index (Phi) is 13.5. The van der Waals surface area contributed by atoms with Gasteiger partial charge in [0, 0.05) is 62.5 Å². The minimum Gasteiger partial charge on any atom is -0.398 e. The van der Waals surface area contributed by atoms with E-state index in [1.54, 1.807) is 6.92 Å². The molecule has 0 spiro atoms. The first-order valence-electron chi connectivity index (χ1n) is 15.4. The van der Waals surface area contributed by atoms with E-state index in [0.29, 0.717) is 24.4 Å². The molecule has 3 unspecified atom stereocenters. The maximum Gasteiger partial charge on any atom is 0.363 e. The fourth-order valence-corrected chi connectivity index (χ4v) is 5.87. The van der Waals surface area contributed by atoms with Crippen LogP contribution in [0.5, 0.6) is 0 Å². The van der Waals surface area contributed by atoms with Crippen LogP contribution in [0.15, 0.2) is 12.1 Å². The molecule has 1 aliphatic rings. The molecule has 0 aliphatic carbocycles. The average molecular weight is 601 g/mol. The van der Waals surface area contributed by atoms with Crippen LogP contribution in [0.1, 0.15) is 98.6 Å². The third kappa shape index (κ3) is 7.39. The summed E-state index contributed by atoms with van der Waals surface area (Å²) in [5.41, 5.74) is 8.78. The Morgan fingerprint density at radius 3 is 1.90 bits per heavy atom. The molecule has 42 heavy (non-hydrogen) atoms. The monoisotopic (exact) mass is 600 g/mol. The highest BCUT2D eigenvalue weighted by Gasteiger charge is 2.69. The third-order valence-corrected chi connectivity index (χ3v) is 7.29. The number of hydrogen-bond acceptors (Lipinski definition) is 11. The van der Waals surface area contributed by atoms with Gasteiger partial charge >= 0.3 is 17.9 Å². The Bertz CT molecular complexity index is 959. The lowest BCUT2D eigenvalue weighted by molar-refractivity contribution is -0.547. The van der Waals surface area contributed by atoms with Crippen LogP contribution in [0.25, 0.3) is 0 Å². The minimum absolute atomic E-state index is 0.0888. The van der Waals surface area contributed by atoms with E-state index in [9.17, 15) is 10.2 Å². The summed E-state index contributed by atoms with van der Waals surface area (Å²) >= 11 is 0. The number of nitrogens with two attached hydrogens (primary N) is 1. The largest absolute Gasteiger partial charge is 0.398 e. The first-order chi connectivity index (χ1) is 19.8. The van der Waals surface area contributed by atoms with Gasteiger partial charge in [-0.15, -0.1) is 0 Å². The van der Waals surface area contributed by atoms with Crippen LogP contribution in [0.2, 0.25) is 0 Å². The molecule has 11 heteroatoms. The molecule has 244 valence electrons. The van der Waals surface area contributed by atoms with Gasteiger partial charge < -0.3 is 49.3 Å². The summed E-state index contributed by atoms with van der Waals surface area (Å²) in [5, 5.41) is 22.4. The van der Waals surface area contributed by atoms with Gasteiger partial charge in [0.05, 0.1) is 6.61 Å². The molecule has 2 rings (SSSR count). The van der Waals surface area contributed by atoms with Crippen molar-refractivity contribution in [1.82, 2.24) is 0 Å². The van der Waals surface area contributed by atoms with E-state index < -0.39 is 23.4 Å². The summed E-state index contributed by atoms with van der Waals surface area (Å²) in [6.45, 7) is 19.6. The second kappa shape index (κ2) is 15.5. The van der Waals surface area contributed by atoms with Gasteiger partial charge in [-0.25, -0.2) is 0 Å². The van der Waals surface area contributed by atoms with Crippen molar-refractivity contribution in [2.75, 3.05) is 63.5 Å². The predicted octanol–water partition coefficient (Wildman–Crippen LogP) is 4.65. The summed E-state index contributed by atoms with van der Waals surface area (Å²) in [7, 11) is 0. The zero-order valence-electron chi connectivity index (χ0n) is 27.5. The number of fused-ring (bicyclic) bond motifs is 1. The third-order valence-electron chi connectivity index (χ3n) is 7.29. The van der Waals surface area contributed by atoms with Gasteiger partial charge in [-0.1, -0.05) is 13.8 Å². The second-order valence-corrected chi connectivity index (χ2v) is 11.2. The van der Waals surface area contributed by atoms with Crippen LogP contribution < -0.4 is 10.6 Å². The van der Waals surface area contributed by atoms with Crippen molar-refractivity contribution in [3.8, 4) is 0 Å². The molecule has 3 atom stereocenters. The SMILES string of the molecule is CCOCC(O)(OCC)OC(OCC)(N1c2cc(C(C)C)c(N)cc2C(CO)CC1(C)C)C(OCC)(OCC)OCC. The van der Waals surface area contributed by atoms with Crippen molar-refractivity contribution in [3.63, 3.8) is 0 Å². The smallest absolute Gasteiger partial charge is 0.363 e. The first kappa shape index (κ1) is 36.7. The van der Waals surface area contributed by atoms with Crippen molar-refractivity contribution >= 4 is 11.4 Å². The molecule has 0 amide bonds. The van der Waals surface area contributed by atoms with E-state index in [-0.39, 0.29) is 58.1 Å². The van der Waals surface area contributed by atoms with Crippen molar-refractivity contribution < 1.29 is 43.4 Å². The molecule has 4 N–H and O–H groups in total. The molecule has 0 saturated heterocycles. The average Bonchev–Trinajstić information content (AvgIpc) is 2.91. The molecule has 1 aromatic rings. The summed E-state index contributed by atoms with van der Waals surface area (Å²) in [4.78, 5) is 1.90. The van der Waals surface area contributed by atoms with E-state index in [0.717, 1.165) is 11.1 Å². The van der Waals surface area contributed by atoms with E-state index >= 15 is 0 Å². The molecule has 0 bridgehead atoms. The zero-order valence-corrected chi connectivity index (χ0v) is 27.5.